The molecule has 6 heteroatoms. The van der Waals surface area contributed by atoms with Crippen molar-refractivity contribution in [2.45, 2.75) is 30.7 Å². The van der Waals surface area contributed by atoms with Crippen molar-refractivity contribution in [1.29, 1.82) is 0 Å². The fourth-order valence-electron chi connectivity index (χ4n) is 2.76. The van der Waals surface area contributed by atoms with Crippen LogP contribution in [0.25, 0.3) is 0 Å². The van der Waals surface area contributed by atoms with E-state index in [9.17, 15) is 8.42 Å². The number of sulfonamides is 1. The molecule has 20 heavy (non-hydrogen) atoms. The van der Waals surface area contributed by atoms with Gasteiger partial charge >= 0.3 is 0 Å². The third-order valence-electron chi connectivity index (χ3n) is 3.92. The van der Waals surface area contributed by atoms with Gasteiger partial charge in [-0.05, 0) is 57.5 Å². The van der Waals surface area contributed by atoms with Crippen LogP contribution in [0.2, 0.25) is 0 Å². The van der Waals surface area contributed by atoms with Crippen molar-refractivity contribution < 1.29 is 8.42 Å². The SMILES string of the molecule is CC(Nc1cccc(S(N)(=O)=O)c1)C1CCCN(C)C1. The summed E-state index contributed by atoms with van der Waals surface area (Å²) in [6.07, 6.45) is 2.41. The maximum atomic E-state index is 11.4. The Bertz CT molecular complexity index is 559. The highest BCUT2D eigenvalue weighted by Gasteiger charge is 2.22. The van der Waals surface area contributed by atoms with Crippen LogP contribution in [0.3, 0.4) is 0 Å². The Labute approximate surface area is 121 Å². The van der Waals surface area contributed by atoms with Gasteiger partial charge in [-0.1, -0.05) is 6.07 Å². The van der Waals surface area contributed by atoms with Crippen molar-refractivity contribution in [1.82, 2.24) is 4.90 Å². The van der Waals surface area contributed by atoms with Crippen molar-refractivity contribution in [2.24, 2.45) is 11.1 Å². The Morgan fingerprint density at radius 3 is 2.85 bits per heavy atom. The summed E-state index contributed by atoms with van der Waals surface area (Å²) in [6.45, 7) is 4.38. The smallest absolute Gasteiger partial charge is 0.238 e. The van der Waals surface area contributed by atoms with Crippen LogP contribution in [0.1, 0.15) is 19.8 Å². The molecular formula is C14H23N3O2S. The van der Waals surface area contributed by atoms with Gasteiger partial charge in [-0.15, -0.1) is 0 Å². The van der Waals surface area contributed by atoms with Crippen LogP contribution in [-0.4, -0.2) is 39.5 Å². The van der Waals surface area contributed by atoms with Crippen LogP contribution in [0, 0.1) is 5.92 Å². The second kappa shape index (κ2) is 6.11. The Balaban J connectivity index is 2.06. The van der Waals surface area contributed by atoms with Crippen molar-refractivity contribution in [3.05, 3.63) is 24.3 Å². The molecular weight excluding hydrogens is 274 g/mol. The third-order valence-corrected chi connectivity index (χ3v) is 4.84. The average molecular weight is 297 g/mol. The number of benzene rings is 1. The molecule has 0 aromatic heterocycles. The fourth-order valence-corrected chi connectivity index (χ4v) is 3.32. The number of primary sulfonamides is 1. The van der Waals surface area contributed by atoms with E-state index in [0.717, 1.165) is 18.8 Å². The minimum Gasteiger partial charge on any atom is -0.382 e. The zero-order chi connectivity index (χ0) is 14.8. The molecule has 2 unspecified atom stereocenters. The van der Waals surface area contributed by atoms with Crippen LogP contribution >= 0.6 is 0 Å². The van der Waals surface area contributed by atoms with Gasteiger partial charge in [0.05, 0.1) is 4.90 Å². The second-order valence-corrected chi connectivity index (χ2v) is 7.23. The van der Waals surface area contributed by atoms with Crippen molar-refractivity contribution >= 4 is 15.7 Å². The Morgan fingerprint density at radius 2 is 2.20 bits per heavy atom. The summed E-state index contributed by atoms with van der Waals surface area (Å²) in [5.41, 5.74) is 0.803. The average Bonchev–Trinajstić information content (AvgIpc) is 2.38. The number of likely N-dealkylation sites (tertiary alicyclic amines) is 1. The van der Waals surface area contributed by atoms with Gasteiger partial charge in [0.15, 0.2) is 0 Å². The van der Waals surface area contributed by atoms with E-state index in [2.05, 4.69) is 24.2 Å². The lowest BCUT2D eigenvalue weighted by atomic mass is 9.92. The number of anilines is 1. The molecule has 1 aliphatic rings. The van der Waals surface area contributed by atoms with Gasteiger partial charge in [0, 0.05) is 18.3 Å². The molecule has 1 heterocycles. The highest BCUT2D eigenvalue weighted by Crippen LogP contribution is 2.22. The molecule has 0 amide bonds. The van der Waals surface area contributed by atoms with E-state index in [1.807, 2.05) is 6.07 Å². The molecule has 5 nitrogen and oxygen atoms in total. The Hall–Kier alpha value is -1.11. The zero-order valence-electron chi connectivity index (χ0n) is 12.0. The first-order chi connectivity index (χ1) is 9.36. The van der Waals surface area contributed by atoms with Gasteiger partial charge in [0.1, 0.15) is 0 Å². The number of hydrogen-bond acceptors (Lipinski definition) is 4. The van der Waals surface area contributed by atoms with Crippen LogP contribution in [0.15, 0.2) is 29.2 Å². The molecule has 2 rings (SSSR count). The summed E-state index contributed by atoms with van der Waals surface area (Å²) in [6, 6.07) is 6.99. The minimum absolute atomic E-state index is 0.149. The summed E-state index contributed by atoms with van der Waals surface area (Å²) in [4.78, 5) is 2.49. The predicted molar refractivity (Wildman–Crippen MR) is 81.1 cm³/mol. The highest BCUT2D eigenvalue weighted by molar-refractivity contribution is 7.89. The number of nitrogens with two attached hydrogens (primary N) is 1. The number of piperidine rings is 1. The summed E-state index contributed by atoms with van der Waals surface area (Å²) in [7, 11) is -1.50. The van der Waals surface area contributed by atoms with Gasteiger partial charge in [-0.25, -0.2) is 13.6 Å². The van der Waals surface area contributed by atoms with Crippen LogP contribution in [-0.2, 0) is 10.0 Å². The fraction of sp³-hybridized carbons (Fsp3) is 0.571. The molecule has 112 valence electrons. The monoisotopic (exact) mass is 297 g/mol. The third kappa shape index (κ3) is 3.94. The number of nitrogens with zero attached hydrogens (tertiary/aromatic N) is 1. The first-order valence-corrected chi connectivity index (χ1v) is 8.49. The summed E-state index contributed by atoms with van der Waals surface area (Å²) in [5, 5.41) is 8.55. The van der Waals surface area contributed by atoms with Crippen LogP contribution < -0.4 is 10.5 Å². The minimum atomic E-state index is -3.64. The topological polar surface area (TPSA) is 75.4 Å². The summed E-state index contributed by atoms with van der Waals surface area (Å²) < 4.78 is 22.7. The Morgan fingerprint density at radius 1 is 1.45 bits per heavy atom. The van der Waals surface area contributed by atoms with Gasteiger partial charge in [0.25, 0.3) is 0 Å². The zero-order valence-corrected chi connectivity index (χ0v) is 12.9. The highest BCUT2D eigenvalue weighted by atomic mass is 32.2. The van der Waals surface area contributed by atoms with E-state index in [1.54, 1.807) is 12.1 Å². The van der Waals surface area contributed by atoms with Gasteiger partial charge in [-0.2, -0.15) is 0 Å². The lowest BCUT2D eigenvalue weighted by molar-refractivity contribution is 0.197. The molecule has 1 saturated heterocycles. The van der Waals surface area contributed by atoms with Gasteiger partial charge in [0.2, 0.25) is 10.0 Å². The largest absolute Gasteiger partial charge is 0.382 e. The van der Waals surface area contributed by atoms with E-state index in [1.165, 1.54) is 18.9 Å². The molecule has 0 spiro atoms. The molecule has 1 aromatic rings. The molecule has 0 saturated carbocycles. The first-order valence-electron chi connectivity index (χ1n) is 6.94. The number of nitrogens with one attached hydrogen (secondary N) is 1. The summed E-state index contributed by atoms with van der Waals surface area (Å²) >= 11 is 0. The maximum absolute atomic E-state index is 11.4. The second-order valence-electron chi connectivity index (χ2n) is 5.67. The number of rotatable bonds is 4. The molecule has 1 aromatic carbocycles. The lowest BCUT2D eigenvalue weighted by Gasteiger charge is -2.34. The van der Waals surface area contributed by atoms with Crippen LogP contribution in [0.5, 0.6) is 0 Å². The standard InChI is InChI=1S/C14H23N3O2S/c1-11(12-5-4-8-17(2)10-12)16-13-6-3-7-14(9-13)20(15,18)19/h3,6-7,9,11-12,16H,4-5,8,10H2,1-2H3,(H2,15,18,19). The lowest BCUT2D eigenvalue weighted by Crippen LogP contribution is -2.39. The van der Waals surface area contributed by atoms with E-state index in [4.69, 9.17) is 5.14 Å². The van der Waals surface area contributed by atoms with E-state index >= 15 is 0 Å². The van der Waals surface area contributed by atoms with E-state index < -0.39 is 10.0 Å². The van der Waals surface area contributed by atoms with Gasteiger partial charge in [-0.3, -0.25) is 0 Å². The quantitative estimate of drug-likeness (QED) is 0.882. The van der Waals surface area contributed by atoms with Crippen molar-refractivity contribution in [3.63, 3.8) is 0 Å². The number of hydrogen-bond donors (Lipinski definition) is 2. The molecule has 2 atom stereocenters. The molecule has 0 bridgehead atoms. The summed E-state index contributed by atoms with van der Waals surface area (Å²) in [5.74, 6) is 0.576. The van der Waals surface area contributed by atoms with Gasteiger partial charge < -0.3 is 10.2 Å². The first kappa shape index (κ1) is 15.3. The molecule has 1 fully saturated rings. The maximum Gasteiger partial charge on any atom is 0.238 e. The predicted octanol–water partition coefficient (Wildman–Crippen LogP) is 1.48. The molecule has 0 radical (unpaired) electrons. The molecule has 0 aliphatic carbocycles. The van der Waals surface area contributed by atoms with E-state index in [0.29, 0.717) is 12.0 Å². The molecule has 1 aliphatic heterocycles. The van der Waals surface area contributed by atoms with Crippen LogP contribution in [0.4, 0.5) is 5.69 Å². The molecule has 3 N–H and O–H groups in total. The van der Waals surface area contributed by atoms with Crippen molar-refractivity contribution in [2.75, 3.05) is 25.5 Å². The Kier molecular flexibility index (Phi) is 4.67. The van der Waals surface area contributed by atoms with Crippen molar-refractivity contribution in [3.8, 4) is 0 Å². The normalized spacial score (nSPS) is 22.4. The van der Waals surface area contributed by atoms with E-state index in [-0.39, 0.29) is 4.90 Å².